The molecule has 3 rings (SSSR count). The number of aryl methyl sites for hydroxylation is 3. The summed E-state index contributed by atoms with van der Waals surface area (Å²) in [7, 11) is 0. The van der Waals surface area contributed by atoms with E-state index in [2.05, 4.69) is 4.98 Å². The molecule has 6 heteroatoms. The van der Waals surface area contributed by atoms with Gasteiger partial charge in [-0.3, -0.25) is 9.20 Å². The van der Waals surface area contributed by atoms with Crippen LogP contribution < -0.4 is 5.56 Å². The Hall–Kier alpha value is -2.47. The van der Waals surface area contributed by atoms with Gasteiger partial charge in [-0.25, -0.2) is 9.78 Å². The molecule has 118 valence electrons. The molecule has 0 amide bonds. The van der Waals surface area contributed by atoms with Gasteiger partial charge in [-0.05, 0) is 44.5 Å². The number of thiophene rings is 1. The lowest BCUT2D eigenvalue weighted by molar-refractivity contribution is 0.0467. The number of fused-ring (bicyclic) bond motifs is 1. The molecule has 0 spiro atoms. The van der Waals surface area contributed by atoms with Gasteiger partial charge < -0.3 is 4.74 Å². The third-order valence-corrected chi connectivity index (χ3v) is 4.45. The second-order valence-corrected chi connectivity index (χ2v) is 6.88. The summed E-state index contributed by atoms with van der Waals surface area (Å²) in [6.45, 7) is 5.74. The topological polar surface area (TPSA) is 60.7 Å². The minimum absolute atomic E-state index is 0.0210. The number of ether oxygens (including phenoxy) is 1. The Morgan fingerprint density at radius 2 is 2.04 bits per heavy atom. The van der Waals surface area contributed by atoms with Crippen LogP contribution in [0.1, 0.15) is 31.4 Å². The van der Waals surface area contributed by atoms with Crippen molar-refractivity contribution in [2.24, 2.45) is 0 Å². The molecule has 0 aliphatic rings. The molecule has 3 aromatic heterocycles. The van der Waals surface area contributed by atoms with Crippen molar-refractivity contribution in [3.05, 3.63) is 67.4 Å². The van der Waals surface area contributed by atoms with Crippen LogP contribution in [0.3, 0.4) is 0 Å². The largest absolute Gasteiger partial charge is 0.456 e. The molecule has 23 heavy (non-hydrogen) atoms. The second kappa shape index (κ2) is 5.96. The monoisotopic (exact) mass is 328 g/mol. The second-order valence-electron chi connectivity index (χ2n) is 5.42. The zero-order valence-electron chi connectivity index (χ0n) is 13.1. The lowest BCUT2D eigenvalue weighted by Crippen LogP contribution is -2.16. The SMILES string of the molecule is Cc1ccn2c(=O)cc(COC(=O)c3cc(C)sc3C)nc2c1. The van der Waals surface area contributed by atoms with Crippen molar-refractivity contribution in [1.82, 2.24) is 9.38 Å². The predicted molar refractivity (Wildman–Crippen MR) is 89.1 cm³/mol. The maximum atomic E-state index is 12.1. The van der Waals surface area contributed by atoms with Crippen molar-refractivity contribution >= 4 is 23.0 Å². The summed E-state index contributed by atoms with van der Waals surface area (Å²) >= 11 is 1.56. The van der Waals surface area contributed by atoms with Crippen LogP contribution >= 0.6 is 11.3 Å². The van der Waals surface area contributed by atoms with E-state index >= 15 is 0 Å². The van der Waals surface area contributed by atoms with E-state index in [1.54, 1.807) is 17.5 Å². The van der Waals surface area contributed by atoms with Gasteiger partial charge in [0.15, 0.2) is 0 Å². The third-order valence-electron chi connectivity index (χ3n) is 3.49. The lowest BCUT2D eigenvalue weighted by atomic mass is 10.2. The van der Waals surface area contributed by atoms with Gasteiger partial charge in [0.1, 0.15) is 12.3 Å². The Morgan fingerprint density at radius 1 is 1.26 bits per heavy atom. The van der Waals surface area contributed by atoms with E-state index in [-0.39, 0.29) is 12.2 Å². The highest BCUT2D eigenvalue weighted by Crippen LogP contribution is 2.21. The van der Waals surface area contributed by atoms with Gasteiger partial charge in [-0.2, -0.15) is 0 Å². The molecule has 0 aliphatic heterocycles. The van der Waals surface area contributed by atoms with Crippen LogP contribution in [-0.4, -0.2) is 15.4 Å². The average Bonchev–Trinajstić information content (AvgIpc) is 2.83. The summed E-state index contributed by atoms with van der Waals surface area (Å²) in [5, 5.41) is 0. The van der Waals surface area contributed by atoms with Crippen LogP contribution in [-0.2, 0) is 11.3 Å². The van der Waals surface area contributed by atoms with Crippen molar-refractivity contribution in [2.75, 3.05) is 0 Å². The summed E-state index contributed by atoms with van der Waals surface area (Å²) < 4.78 is 6.76. The molecule has 3 aromatic rings. The molecule has 0 saturated carbocycles. The third kappa shape index (κ3) is 3.17. The minimum Gasteiger partial charge on any atom is -0.456 e. The van der Waals surface area contributed by atoms with Crippen LogP contribution in [0.15, 0.2) is 35.3 Å². The van der Waals surface area contributed by atoms with E-state index in [1.807, 2.05) is 39.0 Å². The molecule has 0 saturated heterocycles. The maximum absolute atomic E-state index is 12.1. The fourth-order valence-corrected chi connectivity index (χ4v) is 3.29. The zero-order valence-corrected chi connectivity index (χ0v) is 13.9. The van der Waals surface area contributed by atoms with Crippen molar-refractivity contribution in [3.8, 4) is 0 Å². The fraction of sp³-hybridized carbons (Fsp3) is 0.235. The predicted octanol–water partition coefficient (Wildman–Crippen LogP) is 3.04. The first-order valence-electron chi connectivity index (χ1n) is 7.17. The molecule has 0 N–H and O–H groups in total. The summed E-state index contributed by atoms with van der Waals surface area (Å²) in [5.74, 6) is -0.391. The molecule has 0 radical (unpaired) electrons. The van der Waals surface area contributed by atoms with Crippen molar-refractivity contribution < 1.29 is 9.53 Å². The number of aromatic nitrogens is 2. The van der Waals surface area contributed by atoms with Crippen molar-refractivity contribution in [1.29, 1.82) is 0 Å². The number of pyridine rings is 1. The van der Waals surface area contributed by atoms with Crippen LogP contribution in [0, 0.1) is 20.8 Å². The van der Waals surface area contributed by atoms with E-state index < -0.39 is 5.97 Å². The Morgan fingerprint density at radius 3 is 2.74 bits per heavy atom. The Balaban J connectivity index is 1.83. The molecule has 0 unspecified atom stereocenters. The smallest absolute Gasteiger partial charge is 0.339 e. The Kier molecular flexibility index (Phi) is 4.00. The van der Waals surface area contributed by atoms with E-state index in [9.17, 15) is 9.59 Å². The number of carbonyl (C=O) groups excluding carboxylic acids is 1. The first-order chi connectivity index (χ1) is 10.9. The quantitative estimate of drug-likeness (QED) is 0.693. The Labute approximate surface area is 137 Å². The maximum Gasteiger partial charge on any atom is 0.339 e. The first-order valence-corrected chi connectivity index (χ1v) is 7.99. The number of esters is 1. The van der Waals surface area contributed by atoms with Gasteiger partial charge in [0.2, 0.25) is 0 Å². The van der Waals surface area contributed by atoms with Gasteiger partial charge >= 0.3 is 5.97 Å². The van der Waals surface area contributed by atoms with E-state index in [4.69, 9.17) is 4.74 Å². The summed E-state index contributed by atoms with van der Waals surface area (Å²) in [6, 6.07) is 6.87. The Bertz CT molecular complexity index is 956. The van der Waals surface area contributed by atoms with Crippen LogP contribution in [0.5, 0.6) is 0 Å². The van der Waals surface area contributed by atoms with Gasteiger partial charge in [-0.1, -0.05) is 0 Å². The molecule has 3 heterocycles. The average molecular weight is 328 g/mol. The molecular weight excluding hydrogens is 312 g/mol. The molecule has 0 atom stereocenters. The molecule has 5 nitrogen and oxygen atoms in total. The van der Waals surface area contributed by atoms with Gasteiger partial charge in [-0.15, -0.1) is 11.3 Å². The highest BCUT2D eigenvalue weighted by molar-refractivity contribution is 7.12. The van der Waals surface area contributed by atoms with Crippen LogP contribution in [0.25, 0.3) is 5.65 Å². The molecule has 0 aromatic carbocycles. The number of nitrogens with zero attached hydrogens (tertiary/aromatic N) is 2. The van der Waals surface area contributed by atoms with E-state index in [1.165, 1.54) is 10.5 Å². The summed E-state index contributed by atoms with van der Waals surface area (Å²) in [6.07, 6.45) is 1.69. The zero-order chi connectivity index (χ0) is 16.6. The molecular formula is C17H16N2O3S. The molecule has 0 fully saturated rings. The highest BCUT2D eigenvalue weighted by Gasteiger charge is 2.14. The fourth-order valence-electron chi connectivity index (χ4n) is 2.38. The normalized spacial score (nSPS) is 10.9. The van der Waals surface area contributed by atoms with E-state index in [0.717, 1.165) is 15.3 Å². The summed E-state index contributed by atoms with van der Waals surface area (Å²) in [5.41, 5.74) is 2.38. The number of hydrogen-bond donors (Lipinski definition) is 0. The van der Waals surface area contributed by atoms with Crippen LogP contribution in [0.2, 0.25) is 0 Å². The minimum atomic E-state index is -0.391. The van der Waals surface area contributed by atoms with Gasteiger partial charge in [0.05, 0.1) is 11.3 Å². The number of carbonyl (C=O) groups is 1. The standard InChI is InChI=1S/C17H16N2O3S/c1-10-4-5-19-15(6-10)18-13(8-16(19)20)9-22-17(21)14-7-11(2)23-12(14)3/h4-8H,9H2,1-3H3. The number of hydrogen-bond acceptors (Lipinski definition) is 5. The molecule has 0 bridgehead atoms. The highest BCUT2D eigenvalue weighted by atomic mass is 32.1. The van der Waals surface area contributed by atoms with Crippen molar-refractivity contribution in [2.45, 2.75) is 27.4 Å². The van der Waals surface area contributed by atoms with Crippen LogP contribution in [0.4, 0.5) is 0 Å². The van der Waals surface area contributed by atoms with Gasteiger partial charge in [0.25, 0.3) is 5.56 Å². The number of rotatable bonds is 3. The summed E-state index contributed by atoms with van der Waals surface area (Å²) in [4.78, 5) is 30.6. The first kappa shape index (κ1) is 15.4. The lowest BCUT2D eigenvalue weighted by Gasteiger charge is -2.06. The molecule has 0 aliphatic carbocycles. The van der Waals surface area contributed by atoms with E-state index in [0.29, 0.717) is 16.9 Å². The van der Waals surface area contributed by atoms with Gasteiger partial charge in [0, 0.05) is 22.0 Å². The van der Waals surface area contributed by atoms with Crippen molar-refractivity contribution in [3.63, 3.8) is 0 Å².